The van der Waals surface area contributed by atoms with Gasteiger partial charge in [0, 0.05) is 6.92 Å². The molecular weight excluding hydrogens is 1270 g/mol. The molecule has 0 spiro atoms. The first-order valence-corrected chi connectivity index (χ1v) is 34.2. The zero-order valence-corrected chi connectivity index (χ0v) is 56.0. The van der Waals surface area contributed by atoms with E-state index in [0.29, 0.717) is 0 Å². The van der Waals surface area contributed by atoms with Crippen molar-refractivity contribution in [2.75, 3.05) is 19.8 Å². The lowest BCUT2D eigenvalue weighted by atomic mass is 9.95. The Morgan fingerprint density at radius 3 is 0.780 bits per heavy atom. The third-order valence-electron chi connectivity index (χ3n) is 17.5. The lowest BCUT2D eigenvalue weighted by molar-refractivity contribution is -0.398. The van der Waals surface area contributed by atoms with E-state index in [0.717, 1.165) is 50.1 Å². The SMILES string of the molecule is CC(=O)OC1C(OCc2ccccc2)[C@H](OCc2ccccc2)C(COCc2ccccc2)O[C@@H]1OC1C(OCc2ccccc2)[C@H](OCc2ccccc2)C(COCc2ccccc2)O[C@@H]1OC1C(OCc2ccccc2)[C@H](OCc2ccccc2)C(COCc2ccccc2)O[C@@H]1F. The van der Waals surface area contributed by atoms with Crippen molar-refractivity contribution >= 4 is 5.97 Å². The van der Waals surface area contributed by atoms with Crippen molar-refractivity contribution in [2.24, 2.45) is 0 Å². The number of hydrogen-bond donors (Lipinski definition) is 0. The smallest absolute Gasteiger partial charge is 0.303 e. The van der Waals surface area contributed by atoms with Gasteiger partial charge >= 0.3 is 5.97 Å². The quantitative estimate of drug-likeness (QED) is 0.0346. The number of carbonyl (C=O) groups is 1. The monoisotopic (exact) mass is 1360 g/mol. The molecular formula is C83H87FO16. The van der Waals surface area contributed by atoms with Crippen molar-refractivity contribution in [1.82, 2.24) is 0 Å². The molecule has 15 atom stereocenters. The van der Waals surface area contributed by atoms with Crippen molar-refractivity contribution in [2.45, 2.75) is 159 Å². The third-order valence-corrected chi connectivity index (χ3v) is 17.5. The van der Waals surface area contributed by atoms with Gasteiger partial charge in [0.05, 0.1) is 79.3 Å². The molecule has 16 nitrogen and oxygen atoms in total. The van der Waals surface area contributed by atoms with E-state index in [1.165, 1.54) is 6.92 Å². The Morgan fingerprint density at radius 2 is 0.500 bits per heavy atom. The number of hydrogen-bond acceptors (Lipinski definition) is 16. The van der Waals surface area contributed by atoms with E-state index in [1.54, 1.807) is 0 Å². The van der Waals surface area contributed by atoms with Crippen LogP contribution < -0.4 is 0 Å². The van der Waals surface area contributed by atoms with Gasteiger partial charge < -0.3 is 71.1 Å². The molecule has 12 rings (SSSR count). The van der Waals surface area contributed by atoms with Crippen LogP contribution in [0.1, 0.15) is 57.0 Å². The molecule has 3 aliphatic rings. The van der Waals surface area contributed by atoms with Gasteiger partial charge in [-0.25, -0.2) is 4.39 Å². The first-order chi connectivity index (χ1) is 49.3. The van der Waals surface area contributed by atoms with Crippen LogP contribution in [-0.2, 0) is 135 Å². The summed E-state index contributed by atoms with van der Waals surface area (Å²) in [5.41, 5.74) is 7.80. The van der Waals surface area contributed by atoms with E-state index in [1.807, 2.05) is 273 Å². The van der Waals surface area contributed by atoms with E-state index in [4.69, 9.17) is 71.1 Å². The second-order valence-electron chi connectivity index (χ2n) is 25.0. The first kappa shape index (κ1) is 71.6. The van der Waals surface area contributed by atoms with Crippen molar-refractivity contribution < 1.29 is 80.2 Å². The Bertz CT molecular complexity index is 3730. The van der Waals surface area contributed by atoms with Crippen molar-refractivity contribution in [3.8, 4) is 0 Å². The second kappa shape index (κ2) is 38.0. The Hall–Kier alpha value is -8.18. The number of ether oxygens (including phenoxy) is 15. The molecule has 0 N–H and O–H groups in total. The summed E-state index contributed by atoms with van der Waals surface area (Å²) in [7, 11) is 0. The average molecular weight is 1360 g/mol. The number of benzene rings is 9. The van der Waals surface area contributed by atoms with E-state index >= 15 is 4.39 Å². The molecule has 0 bridgehead atoms. The zero-order chi connectivity index (χ0) is 68.3. The van der Waals surface area contributed by atoms with Crippen LogP contribution in [0.2, 0.25) is 0 Å². The molecule has 0 aliphatic carbocycles. The van der Waals surface area contributed by atoms with Crippen LogP contribution >= 0.6 is 0 Å². The molecule has 100 heavy (non-hydrogen) atoms. The van der Waals surface area contributed by atoms with Gasteiger partial charge in [-0.15, -0.1) is 0 Å². The molecule has 3 aliphatic heterocycles. The molecule has 522 valence electrons. The summed E-state index contributed by atoms with van der Waals surface area (Å²) in [5, 5.41) is 0. The Labute approximate surface area is 584 Å². The zero-order valence-electron chi connectivity index (χ0n) is 56.0. The van der Waals surface area contributed by atoms with Gasteiger partial charge in [0.25, 0.3) is 0 Å². The van der Waals surface area contributed by atoms with Gasteiger partial charge in [-0.05, 0) is 50.1 Å². The van der Waals surface area contributed by atoms with Gasteiger partial charge in [0.15, 0.2) is 18.7 Å². The minimum atomic E-state index is -2.21. The lowest BCUT2D eigenvalue weighted by Gasteiger charge is -2.51. The summed E-state index contributed by atoms with van der Waals surface area (Å²) < 4.78 is 123. The van der Waals surface area contributed by atoms with Gasteiger partial charge in [0.2, 0.25) is 6.36 Å². The molecule has 9 aromatic rings. The fourth-order valence-electron chi connectivity index (χ4n) is 12.5. The first-order valence-electron chi connectivity index (χ1n) is 34.2. The minimum absolute atomic E-state index is 0.0199. The van der Waals surface area contributed by atoms with Crippen LogP contribution in [0.15, 0.2) is 273 Å². The maximum absolute atomic E-state index is 18.4. The van der Waals surface area contributed by atoms with Crippen LogP contribution in [0.3, 0.4) is 0 Å². The highest BCUT2D eigenvalue weighted by Gasteiger charge is 2.58. The Kier molecular flexibility index (Phi) is 27.2. The van der Waals surface area contributed by atoms with Crippen LogP contribution in [-0.4, -0.2) is 118 Å². The highest BCUT2D eigenvalue weighted by atomic mass is 19.1. The highest BCUT2D eigenvalue weighted by Crippen LogP contribution is 2.40. The molecule has 3 saturated heterocycles. The van der Waals surface area contributed by atoms with Crippen LogP contribution in [0.5, 0.6) is 0 Å². The third kappa shape index (κ3) is 21.0. The lowest BCUT2D eigenvalue weighted by Crippen LogP contribution is -2.68. The summed E-state index contributed by atoms with van der Waals surface area (Å²) in [6.45, 7) is 2.16. The topological polar surface area (TPSA) is 156 Å². The summed E-state index contributed by atoms with van der Waals surface area (Å²) in [5.74, 6) is -0.665. The van der Waals surface area contributed by atoms with Gasteiger partial charge in [0.1, 0.15) is 67.1 Å². The molecule has 0 amide bonds. The van der Waals surface area contributed by atoms with Crippen molar-refractivity contribution in [3.05, 3.63) is 323 Å². The number of carbonyl (C=O) groups excluding carboxylic acids is 1. The van der Waals surface area contributed by atoms with E-state index in [-0.39, 0.29) is 79.3 Å². The molecule has 0 aromatic heterocycles. The molecule has 0 saturated carbocycles. The largest absolute Gasteiger partial charge is 0.454 e. The maximum Gasteiger partial charge on any atom is 0.303 e. The van der Waals surface area contributed by atoms with E-state index in [2.05, 4.69) is 0 Å². The molecule has 9 aromatic carbocycles. The predicted octanol–water partition coefficient (Wildman–Crippen LogP) is 14.0. The fraction of sp³-hybridized carbons (Fsp3) is 0.337. The maximum atomic E-state index is 18.4. The van der Waals surface area contributed by atoms with Crippen LogP contribution in [0.4, 0.5) is 4.39 Å². The molecule has 9 unspecified atom stereocenters. The van der Waals surface area contributed by atoms with E-state index < -0.39 is 98.2 Å². The minimum Gasteiger partial charge on any atom is -0.454 e. The standard InChI is InChI=1S/C83H87FO16/c1-59(85)95-79-76(93-54-67-43-25-9-26-44-67)73(90-51-64-37-19-6-20-38-64)70(57-87-48-61-31-13-3-14-32-61)97-82(79)100-80-77(94-55-68-45-27-10-28-46-68)74(91-52-65-39-21-7-22-40-65)71(58-88-49-62-33-15-4-16-34-62)98-83(80)99-78-75(92-53-66-41-23-8-24-42-66)72(89-50-63-35-17-5-18-36-63)69(96-81(78)84)56-86-47-60-29-11-2-12-30-60/h2-46,69-83H,47-58H2,1H3/t69?,70?,71?,72-,73-,74-,75?,76?,77?,78?,79?,80?,81+,82-,83-/m1/s1. The summed E-state index contributed by atoms with van der Waals surface area (Å²) in [6.07, 6.45) is -19.4. The summed E-state index contributed by atoms with van der Waals surface area (Å²) >= 11 is 0. The highest BCUT2D eigenvalue weighted by molar-refractivity contribution is 5.66. The number of alkyl halides is 1. The summed E-state index contributed by atoms with van der Waals surface area (Å²) in [4.78, 5) is 14.0. The fourth-order valence-corrected chi connectivity index (χ4v) is 12.5. The Morgan fingerprint density at radius 1 is 0.280 bits per heavy atom. The molecule has 3 heterocycles. The molecule has 0 radical (unpaired) electrons. The normalized spacial score (nSPS) is 25.2. The second-order valence-corrected chi connectivity index (χ2v) is 25.0. The van der Waals surface area contributed by atoms with Gasteiger partial charge in [-0.2, -0.15) is 0 Å². The van der Waals surface area contributed by atoms with Crippen molar-refractivity contribution in [1.29, 1.82) is 0 Å². The molecule has 3 fully saturated rings. The number of esters is 1. The van der Waals surface area contributed by atoms with Gasteiger partial charge in [-0.1, -0.05) is 273 Å². The van der Waals surface area contributed by atoms with Crippen molar-refractivity contribution in [3.63, 3.8) is 0 Å². The predicted molar refractivity (Wildman–Crippen MR) is 371 cm³/mol. The van der Waals surface area contributed by atoms with Gasteiger partial charge in [-0.3, -0.25) is 4.79 Å². The van der Waals surface area contributed by atoms with Crippen LogP contribution in [0.25, 0.3) is 0 Å². The van der Waals surface area contributed by atoms with Crippen LogP contribution in [0, 0.1) is 0 Å². The number of halogens is 1. The summed E-state index contributed by atoms with van der Waals surface area (Å²) in [6, 6.07) is 87.3. The van der Waals surface area contributed by atoms with E-state index in [9.17, 15) is 4.79 Å². The Balaban J connectivity index is 0.975. The number of rotatable bonds is 35. The molecule has 17 heteroatoms. The average Bonchev–Trinajstić information content (AvgIpc) is 0.766.